The number of hydrogen-bond donors (Lipinski definition) is 0. The minimum atomic E-state index is 0.862. The van der Waals surface area contributed by atoms with Gasteiger partial charge in [0.05, 0.1) is 0 Å². The standard InChI is InChI=1S/C9H14/c1-3-4-5-6-9-7-8(9)2/h3-4,7,9H,5-6H2,1-2H3. The number of rotatable bonds is 3. The molecule has 0 aromatic rings. The van der Waals surface area contributed by atoms with Gasteiger partial charge in [0, 0.05) is 0 Å². The van der Waals surface area contributed by atoms with E-state index in [0.717, 1.165) is 5.92 Å². The van der Waals surface area contributed by atoms with Crippen molar-refractivity contribution in [3.63, 3.8) is 0 Å². The van der Waals surface area contributed by atoms with Crippen LogP contribution in [-0.2, 0) is 0 Å². The Morgan fingerprint density at radius 1 is 1.67 bits per heavy atom. The molecule has 0 spiro atoms. The van der Waals surface area contributed by atoms with Gasteiger partial charge in [0.1, 0.15) is 0 Å². The van der Waals surface area contributed by atoms with Crippen molar-refractivity contribution < 1.29 is 0 Å². The highest BCUT2D eigenvalue weighted by molar-refractivity contribution is 5.26. The number of allylic oxidation sites excluding steroid dienone is 4. The molecule has 0 heterocycles. The molecule has 0 radical (unpaired) electrons. The lowest BCUT2D eigenvalue weighted by Gasteiger charge is -1.90. The third-order valence-corrected chi connectivity index (χ3v) is 1.82. The first-order chi connectivity index (χ1) is 4.34. The van der Waals surface area contributed by atoms with E-state index in [2.05, 4.69) is 32.1 Å². The van der Waals surface area contributed by atoms with E-state index < -0.39 is 0 Å². The molecule has 1 aliphatic rings. The topological polar surface area (TPSA) is 0 Å². The molecule has 0 saturated carbocycles. The van der Waals surface area contributed by atoms with Crippen molar-refractivity contribution in [3.8, 4) is 0 Å². The fourth-order valence-corrected chi connectivity index (χ4v) is 1.02. The van der Waals surface area contributed by atoms with Crippen LogP contribution in [0.1, 0.15) is 26.7 Å². The predicted molar refractivity (Wildman–Crippen MR) is 41.3 cm³/mol. The normalized spacial score (nSPS) is 24.7. The van der Waals surface area contributed by atoms with E-state index in [1.165, 1.54) is 12.8 Å². The molecule has 1 atom stereocenters. The van der Waals surface area contributed by atoms with Gasteiger partial charge in [-0.15, -0.1) is 0 Å². The molecular weight excluding hydrogens is 108 g/mol. The van der Waals surface area contributed by atoms with Gasteiger partial charge in [-0.3, -0.25) is 0 Å². The molecule has 0 aromatic heterocycles. The van der Waals surface area contributed by atoms with Gasteiger partial charge >= 0.3 is 0 Å². The van der Waals surface area contributed by atoms with Gasteiger partial charge < -0.3 is 0 Å². The van der Waals surface area contributed by atoms with E-state index in [-0.39, 0.29) is 0 Å². The van der Waals surface area contributed by atoms with Crippen LogP contribution in [-0.4, -0.2) is 0 Å². The van der Waals surface area contributed by atoms with Crippen LogP contribution >= 0.6 is 0 Å². The van der Waals surface area contributed by atoms with Crippen molar-refractivity contribution in [3.05, 3.63) is 23.8 Å². The second-order valence-corrected chi connectivity index (χ2v) is 2.66. The molecule has 0 heteroatoms. The summed E-state index contributed by atoms with van der Waals surface area (Å²) in [5.41, 5.74) is 1.58. The Kier molecular flexibility index (Phi) is 2.10. The van der Waals surface area contributed by atoms with E-state index in [1.54, 1.807) is 5.57 Å². The van der Waals surface area contributed by atoms with Gasteiger partial charge in [0.25, 0.3) is 0 Å². The van der Waals surface area contributed by atoms with E-state index in [0.29, 0.717) is 0 Å². The van der Waals surface area contributed by atoms with E-state index in [9.17, 15) is 0 Å². The van der Waals surface area contributed by atoms with Crippen molar-refractivity contribution in [1.82, 2.24) is 0 Å². The first-order valence-electron chi connectivity index (χ1n) is 3.64. The summed E-state index contributed by atoms with van der Waals surface area (Å²) in [5, 5.41) is 0. The number of hydrogen-bond acceptors (Lipinski definition) is 0. The van der Waals surface area contributed by atoms with E-state index in [4.69, 9.17) is 0 Å². The summed E-state index contributed by atoms with van der Waals surface area (Å²) < 4.78 is 0. The fourth-order valence-electron chi connectivity index (χ4n) is 1.02. The Bertz CT molecular complexity index is 140. The third-order valence-electron chi connectivity index (χ3n) is 1.82. The van der Waals surface area contributed by atoms with Crippen LogP contribution in [0.5, 0.6) is 0 Å². The Balaban J connectivity index is 1.96. The van der Waals surface area contributed by atoms with Gasteiger partial charge in [0.2, 0.25) is 0 Å². The highest BCUT2D eigenvalue weighted by Crippen LogP contribution is 2.31. The Morgan fingerprint density at radius 3 is 2.78 bits per heavy atom. The van der Waals surface area contributed by atoms with Crippen molar-refractivity contribution in [2.45, 2.75) is 26.7 Å². The maximum atomic E-state index is 2.34. The van der Waals surface area contributed by atoms with Gasteiger partial charge in [0.15, 0.2) is 0 Å². The molecule has 0 aliphatic heterocycles. The molecular formula is C9H14. The quantitative estimate of drug-likeness (QED) is 0.505. The van der Waals surface area contributed by atoms with Gasteiger partial charge in [-0.05, 0) is 32.6 Å². The van der Waals surface area contributed by atoms with Crippen LogP contribution in [0.25, 0.3) is 0 Å². The lowest BCUT2D eigenvalue weighted by Crippen LogP contribution is -1.76. The Labute approximate surface area is 57.3 Å². The van der Waals surface area contributed by atoms with Gasteiger partial charge in [-0.2, -0.15) is 0 Å². The van der Waals surface area contributed by atoms with Gasteiger partial charge in [-0.1, -0.05) is 23.8 Å². The maximum Gasteiger partial charge on any atom is -0.00201 e. The molecule has 1 aliphatic carbocycles. The molecule has 0 bridgehead atoms. The van der Waals surface area contributed by atoms with Crippen LogP contribution < -0.4 is 0 Å². The molecule has 50 valence electrons. The summed E-state index contributed by atoms with van der Waals surface area (Å²) in [6, 6.07) is 0. The van der Waals surface area contributed by atoms with Gasteiger partial charge in [-0.25, -0.2) is 0 Å². The molecule has 1 unspecified atom stereocenters. The average Bonchev–Trinajstić information content (AvgIpc) is 2.48. The molecule has 0 N–H and O–H groups in total. The molecule has 0 fully saturated rings. The molecule has 0 saturated heterocycles. The minimum absolute atomic E-state index is 0.862. The van der Waals surface area contributed by atoms with Crippen molar-refractivity contribution in [1.29, 1.82) is 0 Å². The van der Waals surface area contributed by atoms with E-state index >= 15 is 0 Å². The Morgan fingerprint density at radius 2 is 2.33 bits per heavy atom. The van der Waals surface area contributed by atoms with Crippen LogP contribution in [0, 0.1) is 5.92 Å². The van der Waals surface area contributed by atoms with Crippen molar-refractivity contribution in [2.24, 2.45) is 5.92 Å². The third kappa shape index (κ3) is 2.05. The van der Waals surface area contributed by atoms with Crippen molar-refractivity contribution in [2.75, 3.05) is 0 Å². The lowest BCUT2D eigenvalue weighted by atomic mass is 10.1. The zero-order chi connectivity index (χ0) is 6.69. The predicted octanol–water partition coefficient (Wildman–Crippen LogP) is 2.92. The summed E-state index contributed by atoms with van der Waals surface area (Å²) >= 11 is 0. The lowest BCUT2D eigenvalue weighted by molar-refractivity contribution is 0.772. The zero-order valence-electron chi connectivity index (χ0n) is 6.22. The highest BCUT2D eigenvalue weighted by Gasteiger charge is 2.17. The summed E-state index contributed by atoms with van der Waals surface area (Å²) in [6.07, 6.45) is 9.27. The second-order valence-electron chi connectivity index (χ2n) is 2.66. The largest absolute Gasteiger partial charge is 0.0917 e. The first-order valence-corrected chi connectivity index (χ1v) is 3.64. The summed E-state index contributed by atoms with van der Waals surface area (Å²) in [5.74, 6) is 0.862. The molecule has 9 heavy (non-hydrogen) atoms. The first kappa shape index (κ1) is 6.60. The monoisotopic (exact) mass is 122 g/mol. The fraction of sp³-hybridized carbons (Fsp3) is 0.556. The summed E-state index contributed by atoms with van der Waals surface area (Å²) in [7, 11) is 0. The molecule has 0 nitrogen and oxygen atoms in total. The molecule has 0 aromatic carbocycles. The smallest absolute Gasteiger partial charge is 0.00201 e. The molecule has 0 amide bonds. The van der Waals surface area contributed by atoms with Crippen LogP contribution in [0.2, 0.25) is 0 Å². The highest BCUT2D eigenvalue weighted by atomic mass is 14.2. The second kappa shape index (κ2) is 2.86. The van der Waals surface area contributed by atoms with E-state index in [1.807, 2.05) is 0 Å². The molecule has 1 rings (SSSR count). The average molecular weight is 122 g/mol. The minimum Gasteiger partial charge on any atom is -0.0917 e. The maximum absolute atomic E-state index is 2.34. The van der Waals surface area contributed by atoms with Crippen molar-refractivity contribution >= 4 is 0 Å². The van der Waals surface area contributed by atoms with Crippen LogP contribution in [0.15, 0.2) is 23.8 Å². The zero-order valence-corrected chi connectivity index (χ0v) is 6.22. The summed E-state index contributed by atoms with van der Waals surface area (Å²) in [6.45, 7) is 4.29. The van der Waals surface area contributed by atoms with Crippen LogP contribution in [0.3, 0.4) is 0 Å². The van der Waals surface area contributed by atoms with Crippen LogP contribution in [0.4, 0.5) is 0 Å². The SMILES string of the molecule is CC=CCCC1C=C1C. The summed E-state index contributed by atoms with van der Waals surface area (Å²) in [4.78, 5) is 0. The Hall–Kier alpha value is -0.520.